The number of halogens is 2. The Morgan fingerprint density at radius 2 is 1.91 bits per heavy atom. The van der Waals surface area contributed by atoms with Gasteiger partial charge in [0.25, 0.3) is 0 Å². The number of para-hydroxylation sites is 2. The van der Waals surface area contributed by atoms with Gasteiger partial charge in [0.05, 0.1) is 17.1 Å². The Hall–Kier alpha value is -1.30. The van der Waals surface area contributed by atoms with Crippen molar-refractivity contribution in [1.82, 2.24) is 20.2 Å². The Kier molecular flexibility index (Phi) is 9.20. The molecule has 7 heteroatoms. The summed E-state index contributed by atoms with van der Waals surface area (Å²) in [5.41, 5.74) is 2.08. The van der Waals surface area contributed by atoms with E-state index in [-0.39, 0.29) is 42.7 Å². The molecule has 0 saturated heterocycles. The largest absolute Gasteiger partial charge is 0.346 e. The van der Waals surface area contributed by atoms with E-state index in [1.165, 1.54) is 0 Å². The Balaban J connectivity index is 0.00000242. The number of fused-ring (bicyclic) bond motifs is 1. The second kappa shape index (κ2) is 9.75. The maximum Gasteiger partial charge on any atom is 0.224 e. The Labute approximate surface area is 150 Å². The van der Waals surface area contributed by atoms with E-state index in [0.29, 0.717) is 6.54 Å². The summed E-state index contributed by atoms with van der Waals surface area (Å²) in [5, 5.41) is 6.08. The van der Waals surface area contributed by atoms with Gasteiger partial charge in [0.1, 0.15) is 5.82 Å². The molecule has 2 aromatic rings. The van der Waals surface area contributed by atoms with Crippen molar-refractivity contribution in [1.29, 1.82) is 0 Å². The fraction of sp³-hybridized carbons (Fsp3) is 0.500. The van der Waals surface area contributed by atoms with Crippen LogP contribution in [0, 0.1) is 5.92 Å². The first-order valence-corrected chi connectivity index (χ1v) is 7.48. The third kappa shape index (κ3) is 4.83. The molecule has 0 fully saturated rings. The predicted octanol–water partition coefficient (Wildman–Crippen LogP) is 2.93. The van der Waals surface area contributed by atoms with Gasteiger partial charge in [-0.1, -0.05) is 19.1 Å². The summed E-state index contributed by atoms with van der Waals surface area (Å²) < 4.78 is 2.16. The van der Waals surface area contributed by atoms with Crippen LogP contribution in [-0.2, 0) is 11.3 Å². The lowest BCUT2D eigenvalue weighted by Gasteiger charge is -2.18. The highest BCUT2D eigenvalue weighted by atomic mass is 35.5. The molecule has 2 N–H and O–H groups in total. The van der Waals surface area contributed by atoms with E-state index in [1.807, 2.05) is 39.1 Å². The van der Waals surface area contributed by atoms with Gasteiger partial charge in [-0.2, -0.15) is 0 Å². The molecule has 0 bridgehead atoms. The molecular formula is C16H26Cl2N4O. The van der Waals surface area contributed by atoms with Gasteiger partial charge in [-0.15, -0.1) is 24.8 Å². The molecule has 1 aromatic heterocycles. The van der Waals surface area contributed by atoms with Crippen molar-refractivity contribution in [2.45, 2.75) is 33.4 Å². The van der Waals surface area contributed by atoms with E-state index < -0.39 is 0 Å². The van der Waals surface area contributed by atoms with E-state index in [4.69, 9.17) is 0 Å². The van der Waals surface area contributed by atoms with Crippen molar-refractivity contribution in [3.8, 4) is 0 Å². The normalized spacial score (nSPS) is 12.9. The number of carbonyl (C=O) groups excluding carboxylic acids is 1. The van der Waals surface area contributed by atoms with Gasteiger partial charge in [0.2, 0.25) is 5.91 Å². The van der Waals surface area contributed by atoms with Crippen LogP contribution in [0.5, 0.6) is 0 Å². The van der Waals surface area contributed by atoms with Crippen LogP contribution in [0.15, 0.2) is 24.3 Å². The number of aryl methyl sites for hydroxylation is 1. The molecule has 23 heavy (non-hydrogen) atoms. The zero-order valence-electron chi connectivity index (χ0n) is 14.0. The van der Waals surface area contributed by atoms with Crippen molar-refractivity contribution < 1.29 is 4.79 Å². The van der Waals surface area contributed by atoms with E-state index in [9.17, 15) is 4.79 Å². The first-order valence-electron chi connectivity index (χ1n) is 7.48. The molecule has 1 heterocycles. The van der Waals surface area contributed by atoms with Crippen LogP contribution >= 0.6 is 24.8 Å². The average molecular weight is 361 g/mol. The van der Waals surface area contributed by atoms with Crippen molar-refractivity contribution in [2.24, 2.45) is 5.92 Å². The second-order valence-electron chi connectivity index (χ2n) is 5.39. The molecule has 0 saturated carbocycles. The molecule has 0 aliphatic rings. The van der Waals surface area contributed by atoms with Gasteiger partial charge < -0.3 is 15.2 Å². The summed E-state index contributed by atoms with van der Waals surface area (Å²) in [6.07, 6.45) is 0. The van der Waals surface area contributed by atoms with Gasteiger partial charge in [0.15, 0.2) is 0 Å². The molecule has 0 spiro atoms. The number of benzene rings is 1. The number of nitrogens with zero attached hydrogens (tertiary/aromatic N) is 2. The monoisotopic (exact) mass is 360 g/mol. The lowest BCUT2D eigenvalue weighted by molar-refractivity contribution is -0.125. The van der Waals surface area contributed by atoms with Gasteiger partial charge >= 0.3 is 0 Å². The molecule has 1 amide bonds. The van der Waals surface area contributed by atoms with Crippen LogP contribution in [0.2, 0.25) is 0 Å². The lowest BCUT2D eigenvalue weighted by Crippen LogP contribution is -2.36. The van der Waals surface area contributed by atoms with Crippen LogP contribution in [0.4, 0.5) is 0 Å². The quantitative estimate of drug-likeness (QED) is 0.832. The third-order valence-corrected chi connectivity index (χ3v) is 3.70. The number of carbonyl (C=O) groups is 1. The minimum absolute atomic E-state index is 0. The average Bonchev–Trinajstić information content (AvgIpc) is 2.86. The maximum atomic E-state index is 12.1. The van der Waals surface area contributed by atoms with Gasteiger partial charge in [0, 0.05) is 19.0 Å². The number of nitrogens with one attached hydrogen (secondary N) is 2. The molecule has 5 nitrogen and oxygen atoms in total. The molecule has 130 valence electrons. The van der Waals surface area contributed by atoms with E-state index in [0.717, 1.165) is 23.4 Å². The molecule has 2 unspecified atom stereocenters. The van der Waals surface area contributed by atoms with Crippen LogP contribution in [0.1, 0.15) is 32.6 Å². The highest BCUT2D eigenvalue weighted by Crippen LogP contribution is 2.20. The summed E-state index contributed by atoms with van der Waals surface area (Å²) in [7, 11) is 1.85. The number of hydrogen-bond acceptors (Lipinski definition) is 3. The van der Waals surface area contributed by atoms with E-state index in [1.54, 1.807) is 0 Å². The standard InChI is InChI=1S/C16H24N4O.2ClH/c1-5-20-14-9-7-6-8-13(14)19-15(20)12(3)18-16(21)11(2)10-17-4;;/h6-9,11-12,17H,5,10H2,1-4H3,(H,18,21);2*1H. The van der Waals surface area contributed by atoms with E-state index >= 15 is 0 Å². The highest BCUT2D eigenvalue weighted by Gasteiger charge is 2.20. The summed E-state index contributed by atoms with van der Waals surface area (Å²) in [5.74, 6) is 0.896. The van der Waals surface area contributed by atoms with Gasteiger partial charge in [-0.05, 0) is 33.0 Å². The van der Waals surface area contributed by atoms with Crippen molar-refractivity contribution >= 4 is 41.8 Å². The van der Waals surface area contributed by atoms with Crippen LogP contribution in [0.3, 0.4) is 0 Å². The number of aromatic nitrogens is 2. The van der Waals surface area contributed by atoms with Crippen molar-refractivity contribution in [3.05, 3.63) is 30.1 Å². The minimum Gasteiger partial charge on any atom is -0.346 e. The summed E-state index contributed by atoms with van der Waals surface area (Å²) in [6.45, 7) is 7.50. The summed E-state index contributed by atoms with van der Waals surface area (Å²) in [4.78, 5) is 16.8. The van der Waals surface area contributed by atoms with Crippen LogP contribution in [-0.4, -0.2) is 29.1 Å². The number of imidazole rings is 1. The first-order chi connectivity index (χ1) is 10.1. The molecule has 1 aromatic carbocycles. The highest BCUT2D eigenvalue weighted by molar-refractivity contribution is 5.85. The summed E-state index contributed by atoms with van der Waals surface area (Å²) >= 11 is 0. The zero-order chi connectivity index (χ0) is 15.4. The Morgan fingerprint density at radius 3 is 2.52 bits per heavy atom. The maximum absolute atomic E-state index is 12.1. The predicted molar refractivity (Wildman–Crippen MR) is 99.6 cm³/mol. The second-order valence-corrected chi connectivity index (χ2v) is 5.39. The number of hydrogen-bond donors (Lipinski definition) is 2. The Bertz CT molecular complexity index is 630. The van der Waals surface area contributed by atoms with Crippen LogP contribution < -0.4 is 10.6 Å². The molecular weight excluding hydrogens is 335 g/mol. The smallest absolute Gasteiger partial charge is 0.224 e. The fourth-order valence-corrected chi connectivity index (χ4v) is 2.58. The van der Waals surface area contributed by atoms with Crippen molar-refractivity contribution in [2.75, 3.05) is 13.6 Å². The third-order valence-electron chi connectivity index (χ3n) is 3.70. The molecule has 0 aliphatic carbocycles. The molecule has 2 atom stereocenters. The number of amides is 1. The molecule has 0 aliphatic heterocycles. The van der Waals surface area contributed by atoms with Gasteiger partial charge in [-0.3, -0.25) is 4.79 Å². The van der Waals surface area contributed by atoms with Crippen molar-refractivity contribution in [3.63, 3.8) is 0 Å². The molecule has 2 rings (SSSR count). The zero-order valence-corrected chi connectivity index (χ0v) is 15.6. The Morgan fingerprint density at radius 1 is 1.26 bits per heavy atom. The van der Waals surface area contributed by atoms with Gasteiger partial charge in [-0.25, -0.2) is 4.98 Å². The SMILES string of the molecule is CCn1c(C(C)NC(=O)C(C)CNC)nc2ccccc21.Cl.Cl. The number of rotatable bonds is 6. The topological polar surface area (TPSA) is 59.0 Å². The van der Waals surface area contributed by atoms with E-state index in [2.05, 4.69) is 33.2 Å². The first kappa shape index (κ1) is 21.7. The lowest BCUT2D eigenvalue weighted by atomic mass is 10.1. The molecule has 0 radical (unpaired) electrons. The minimum atomic E-state index is -0.107. The fourth-order valence-electron chi connectivity index (χ4n) is 2.58. The van der Waals surface area contributed by atoms with Crippen LogP contribution in [0.25, 0.3) is 11.0 Å². The summed E-state index contributed by atoms with van der Waals surface area (Å²) in [6, 6.07) is 7.95.